The molecule has 1 aromatic carbocycles. The standard InChI is InChI=1S/C11H16ClNO4S2/c1-13(7-8-18(2,14)15)19(16,17)11-5-3-10(9-12)4-6-11/h3-6H,7-9H2,1-2H3. The maximum absolute atomic E-state index is 12.1. The number of hydrogen-bond acceptors (Lipinski definition) is 4. The van der Waals surface area contributed by atoms with E-state index in [0.29, 0.717) is 5.88 Å². The Hall–Kier alpha value is -0.630. The van der Waals surface area contributed by atoms with Crippen molar-refractivity contribution in [1.82, 2.24) is 4.31 Å². The van der Waals surface area contributed by atoms with Crippen LogP contribution >= 0.6 is 11.6 Å². The highest BCUT2D eigenvalue weighted by Crippen LogP contribution is 2.16. The molecule has 108 valence electrons. The summed E-state index contributed by atoms with van der Waals surface area (Å²) in [5, 5.41) is 0. The Morgan fingerprint density at radius 3 is 2.05 bits per heavy atom. The quantitative estimate of drug-likeness (QED) is 0.734. The second-order valence-electron chi connectivity index (χ2n) is 4.23. The summed E-state index contributed by atoms with van der Waals surface area (Å²) in [5.41, 5.74) is 0.819. The molecule has 0 aliphatic carbocycles. The van der Waals surface area contributed by atoms with Crippen molar-refractivity contribution in [3.63, 3.8) is 0 Å². The maximum Gasteiger partial charge on any atom is 0.242 e. The first-order valence-corrected chi connectivity index (χ1v) is 9.49. The number of rotatable bonds is 6. The summed E-state index contributed by atoms with van der Waals surface area (Å²) < 4.78 is 47.4. The fourth-order valence-electron chi connectivity index (χ4n) is 1.35. The van der Waals surface area contributed by atoms with Gasteiger partial charge in [0.25, 0.3) is 0 Å². The van der Waals surface area contributed by atoms with Crippen LogP contribution in [0.3, 0.4) is 0 Å². The van der Waals surface area contributed by atoms with Crippen molar-refractivity contribution in [2.75, 3.05) is 25.6 Å². The van der Waals surface area contributed by atoms with Gasteiger partial charge in [-0.3, -0.25) is 0 Å². The number of benzene rings is 1. The van der Waals surface area contributed by atoms with Gasteiger partial charge in [-0.05, 0) is 17.7 Å². The van der Waals surface area contributed by atoms with E-state index in [1.165, 1.54) is 19.2 Å². The minimum Gasteiger partial charge on any atom is -0.229 e. The molecule has 0 radical (unpaired) electrons. The summed E-state index contributed by atoms with van der Waals surface area (Å²) in [4.78, 5) is 0.123. The molecule has 0 saturated carbocycles. The molecule has 8 heteroatoms. The van der Waals surface area contributed by atoms with E-state index < -0.39 is 19.9 Å². The molecule has 0 unspecified atom stereocenters. The molecular formula is C11H16ClNO4S2. The Morgan fingerprint density at radius 1 is 1.11 bits per heavy atom. The smallest absolute Gasteiger partial charge is 0.229 e. The molecule has 1 aromatic rings. The second-order valence-corrected chi connectivity index (χ2v) is 8.81. The monoisotopic (exact) mass is 325 g/mol. The van der Waals surface area contributed by atoms with E-state index in [1.807, 2.05) is 0 Å². The Balaban J connectivity index is 2.90. The Kier molecular flexibility index (Phi) is 5.37. The molecule has 0 N–H and O–H groups in total. The van der Waals surface area contributed by atoms with Crippen molar-refractivity contribution in [2.24, 2.45) is 0 Å². The van der Waals surface area contributed by atoms with Crippen molar-refractivity contribution >= 4 is 31.5 Å². The van der Waals surface area contributed by atoms with Crippen LogP contribution in [0.25, 0.3) is 0 Å². The summed E-state index contributed by atoms with van der Waals surface area (Å²) in [6, 6.07) is 6.18. The second kappa shape index (κ2) is 6.21. The maximum atomic E-state index is 12.1. The first kappa shape index (κ1) is 16.4. The summed E-state index contributed by atoms with van der Waals surface area (Å²) in [5.74, 6) is 0.104. The van der Waals surface area contributed by atoms with Crippen molar-refractivity contribution in [1.29, 1.82) is 0 Å². The summed E-state index contributed by atoms with van der Waals surface area (Å²) >= 11 is 5.63. The minimum atomic E-state index is -3.66. The molecule has 0 aliphatic rings. The molecule has 5 nitrogen and oxygen atoms in total. The lowest BCUT2D eigenvalue weighted by atomic mass is 10.2. The lowest BCUT2D eigenvalue weighted by Crippen LogP contribution is -2.31. The molecule has 0 aromatic heterocycles. The van der Waals surface area contributed by atoms with Crippen LogP contribution in [0, 0.1) is 0 Å². The molecule has 0 bridgehead atoms. The number of sulfonamides is 1. The first-order chi connectivity index (χ1) is 8.66. The van der Waals surface area contributed by atoms with Gasteiger partial charge in [0.1, 0.15) is 9.84 Å². The van der Waals surface area contributed by atoms with Gasteiger partial charge in [0, 0.05) is 25.7 Å². The van der Waals surface area contributed by atoms with Crippen LogP contribution < -0.4 is 0 Å². The van der Waals surface area contributed by atoms with Crippen molar-refractivity contribution < 1.29 is 16.8 Å². The van der Waals surface area contributed by atoms with Gasteiger partial charge in [-0.25, -0.2) is 16.8 Å². The number of nitrogens with zero attached hydrogens (tertiary/aromatic N) is 1. The van der Waals surface area contributed by atoms with Gasteiger partial charge in [0.2, 0.25) is 10.0 Å². The third kappa shape index (κ3) is 4.76. The lowest BCUT2D eigenvalue weighted by molar-refractivity contribution is 0.485. The van der Waals surface area contributed by atoms with Gasteiger partial charge in [-0.1, -0.05) is 12.1 Å². The molecule has 0 heterocycles. The highest BCUT2D eigenvalue weighted by Gasteiger charge is 2.21. The van der Waals surface area contributed by atoms with Gasteiger partial charge >= 0.3 is 0 Å². The van der Waals surface area contributed by atoms with Crippen LogP contribution in [0.15, 0.2) is 29.2 Å². The number of alkyl halides is 1. The predicted molar refractivity (Wildman–Crippen MR) is 75.5 cm³/mol. The van der Waals surface area contributed by atoms with Crippen LogP contribution in [0.2, 0.25) is 0 Å². The molecule has 1 rings (SSSR count). The highest BCUT2D eigenvalue weighted by molar-refractivity contribution is 7.91. The van der Waals surface area contributed by atoms with Gasteiger partial charge in [-0.15, -0.1) is 11.6 Å². The summed E-state index contributed by atoms with van der Waals surface area (Å²) in [6.07, 6.45) is 1.07. The van der Waals surface area contributed by atoms with E-state index in [-0.39, 0.29) is 17.2 Å². The third-order valence-electron chi connectivity index (χ3n) is 2.56. The number of hydrogen-bond donors (Lipinski definition) is 0. The highest BCUT2D eigenvalue weighted by atomic mass is 35.5. The average Bonchev–Trinajstić information content (AvgIpc) is 2.35. The van der Waals surface area contributed by atoms with E-state index in [1.54, 1.807) is 12.1 Å². The average molecular weight is 326 g/mol. The van der Waals surface area contributed by atoms with Crippen LogP contribution in [0.5, 0.6) is 0 Å². The molecule has 0 aliphatic heterocycles. The topological polar surface area (TPSA) is 71.5 Å². The van der Waals surface area contributed by atoms with Crippen LogP contribution in [0.4, 0.5) is 0 Å². The largest absolute Gasteiger partial charge is 0.242 e. The zero-order valence-electron chi connectivity index (χ0n) is 10.7. The third-order valence-corrected chi connectivity index (χ3v) is 5.67. The molecule has 0 atom stereocenters. The number of sulfone groups is 1. The molecule has 19 heavy (non-hydrogen) atoms. The Bertz CT molecular complexity index is 623. The van der Waals surface area contributed by atoms with E-state index in [2.05, 4.69) is 0 Å². The molecule has 0 saturated heterocycles. The van der Waals surface area contributed by atoms with Crippen LogP contribution in [-0.2, 0) is 25.7 Å². The summed E-state index contributed by atoms with van der Waals surface area (Å²) in [6.45, 7) is -0.0710. The van der Waals surface area contributed by atoms with Crippen molar-refractivity contribution in [3.05, 3.63) is 29.8 Å². The molecule has 0 spiro atoms. The SMILES string of the molecule is CN(CCS(C)(=O)=O)S(=O)(=O)c1ccc(CCl)cc1. The van der Waals surface area contributed by atoms with Gasteiger partial charge < -0.3 is 0 Å². The molecular weight excluding hydrogens is 310 g/mol. The summed E-state index contributed by atoms with van der Waals surface area (Å²) in [7, 11) is -5.50. The van der Waals surface area contributed by atoms with Gasteiger partial charge in [-0.2, -0.15) is 4.31 Å². The van der Waals surface area contributed by atoms with E-state index in [9.17, 15) is 16.8 Å². The van der Waals surface area contributed by atoms with E-state index in [4.69, 9.17) is 11.6 Å². The fourth-order valence-corrected chi connectivity index (χ4v) is 3.42. The number of halogens is 1. The van der Waals surface area contributed by atoms with Gasteiger partial charge in [0.15, 0.2) is 0 Å². The van der Waals surface area contributed by atoms with Crippen molar-refractivity contribution in [3.8, 4) is 0 Å². The Labute approximate surface area is 119 Å². The van der Waals surface area contributed by atoms with E-state index >= 15 is 0 Å². The van der Waals surface area contributed by atoms with Crippen LogP contribution in [0.1, 0.15) is 5.56 Å². The van der Waals surface area contributed by atoms with Crippen LogP contribution in [-0.4, -0.2) is 46.7 Å². The molecule has 0 amide bonds. The predicted octanol–water partition coefficient (Wildman–Crippen LogP) is 1.09. The fraction of sp³-hybridized carbons (Fsp3) is 0.455. The first-order valence-electron chi connectivity index (χ1n) is 5.46. The zero-order chi connectivity index (χ0) is 14.7. The van der Waals surface area contributed by atoms with Gasteiger partial charge in [0.05, 0.1) is 10.6 Å². The van der Waals surface area contributed by atoms with Crippen molar-refractivity contribution in [2.45, 2.75) is 10.8 Å². The molecule has 0 fully saturated rings. The zero-order valence-corrected chi connectivity index (χ0v) is 13.1. The van der Waals surface area contributed by atoms with E-state index in [0.717, 1.165) is 16.1 Å². The normalized spacial score (nSPS) is 12.8. The lowest BCUT2D eigenvalue weighted by Gasteiger charge is -2.16. The Morgan fingerprint density at radius 2 is 1.63 bits per heavy atom. The minimum absolute atomic E-state index is 0.0710.